The van der Waals surface area contributed by atoms with Gasteiger partial charge in [0.05, 0.1) is 6.10 Å². The fourth-order valence-electron chi connectivity index (χ4n) is 5.59. The molecule has 3 aliphatic heterocycles. The molecule has 172 valence electrons. The number of hydrogen-bond acceptors (Lipinski definition) is 5. The number of piperidine rings is 1. The van der Waals surface area contributed by atoms with E-state index in [0.717, 1.165) is 49.5 Å². The zero-order valence-electron chi connectivity index (χ0n) is 18.8. The number of carbonyl (C=O) groups is 2. The third-order valence-electron chi connectivity index (χ3n) is 7.31. The van der Waals surface area contributed by atoms with Crippen LogP contribution in [-0.4, -0.2) is 65.6 Å². The quantitative estimate of drug-likeness (QED) is 0.738. The molecule has 7 heteroatoms. The van der Waals surface area contributed by atoms with Crippen LogP contribution in [0.1, 0.15) is 61.4 Å². The van der Waals surface area contributed by atoms with Gasteiger partial charge in [0, 0.05) is 43.5 Å². The number of carbonyl (C=O) groups excluding carboxylic acids is 2. The third kappa shape index (κ3) is 4.04. The molecule has 2 amide bonds. The van der Waals surface area contributed by atoms with Crippen molar-refractivity contribution in [3.8, 4) is 5.75 Å². The highest BCUT2D eigenvalue weighted by Gasteiger charge is 2.40. The fraction of sp³-hybridized carbons (Fsp3) is 0.600. The predicted octanol–water partition coefficient (Wildman–Crippen LogP) is 2.85. The summed E-state index contributed by atoms with van der Waals surface area (Å²) in [7, 11) is 0. The molecular formula is C25H33N3O4. The van der Waals surface area contributed by atoms with Crippen LogP contribution in [0.4, 0.5) is 0 Å². The van der Waals surface area contributed by atoms with Crippen molar-refractivity contribution in [1.29, 1.82) is 0 Å². The number of benzene rings is 1. The van der Waals surface area contributed by atoms with E-state index in [1.54, 1.807) is 4.90 Å². The maximum Gasteiger partial charge on any atom is 0.255 e. The summed E-state index contributed by atoms with van der Waals surface area (Å²) in [6, 6.07) is 5.76. The zero-order chi connectivity index (χ0) is 22.2. The van der Waals surface area contributed by atoms with Gasteiger partial charge in [0.15, 0.2) is 0 Å². The van der Waals surface area contributed by atoms with Crippen LogP contribution in [0.5, 0.6) is 5.75 Å². The molecule has 7 nitrogen and oxygen atoms in total. The minimum Gasteiger partial charge on any atom is -0.489 e. The van der Waals surface area contributed by atoms with Crippen LogP contribution in [0, 0.1) is 0 Å². The summed E-state index contributed by atoms with van der Waals surface area (Å²) in [5, 5.41) is 2.79. The lowest BCUT2D eigenvalue weighted by molar-refractivity contribution is -0.126. The Labute approximate surface area is 189 Å². The molecule has 0 aromatic heterocycles. The average Bonchev–Trinajstić information content (AvgIpc) is 3.07. The van der Waals surface area contributed by atoms with Gasteiger partial charge in [-0.3, -0.25) is 14.5 Å². The molecule has 32 heavy (non-hydrogen) atoms. The molecule has 1 saturated carbocycles. The average molecular weight is 440 g/mol. The highest BCUT2D eigenvalue weighted by atomic mass is 16.5. The first-order valence-corrected chi connectivity index (χ1v) is 12.0. The number of ether oxygens (including phenoxy) is 2. The van der Waals surface area contributed by atoms with E-state index in [-0.39, 0.29) is 17.9 Å². The third-order valence-corrected chi connectivity index (χ3v) is 7.31. The highest BCUT2D eigenvalue weighted by molar-refractivity contribution is 6.01. The first-order valence-electron chi connectivity index (χ1n) is 12.0. The molecule has 2 saturated heterocycles. The van der Waals surface area contributed by atoms with E-state index in [4.69, 9.17) is 9.47 Å². The lowest BCUT2D eigenvalue weighted by Crippen LogP contribution is -2.61. The molecule has 4 aliphatic rings. The zero-order valence-corrected chi connectivity index (χ0v) is 18.8. The molecule has 1 N–H and O–H groups in total. The van der Waals surface area contributed by atoms with E-state index in [2.05, 4.69) is 16.8 Å². The topological polar surface area (TPSA) is 71.1 Å². The monoisotopic (exact) mass is 439 g/mol. The Morgan fingerprint density at radius 2 is 1.97 bits per heavy atom. The van der Waals surface area contributed by atoms with Gasteiger partial charge >= 0.3 is 0 Å². The molecule has 1 aliphatic carbocycles. The van der Waals surface area contributed by atoms with E-state index in [1.807, 2.05) is 25.1 Å². The SMILES string of the molecule is C=C1CCC(N2Cc3cc(OC4CCCCC4N4CC(OCC)C4)ccc3C2=O)C(=O)N1. The second-order valence-electron chi connectivity index (χ2n) is 9.44. The summed E-state index contributed by atoms with van der Waals surface area (Å²) >= 11 is 0. The Balaban J connectivity index is 1.26. The Morgan fingerprint density at radius 1 is 1.16 bits per heavy atom. The summed E-state index contributed by atoms with van der Waals surface area (Å²) < 4.78 is 12.2. The van der Waals surface area contributed by atoms with Crippen molar-refractivity contribution >= 4 is 11.8 Å². The van der Waals surface area contributed by atoms with Crippen molar-refractivity contribution in [2.75, 3.05) is 19.7 Å². The van der Waals surface area contributed by atoms with Gasteiger partial charge in [-0.25, -0.2) is 0 Å². The van der Waals surface area contributed by atoms with Gasteiger partial charge in [0.1, 0.15) is 17.9 Å². The molecule has 0 spiro atoms. The Bertz CT molecular complexity index is 910. The van der Waals surface area contributed by atoms with Crippen LogP contribution in [0.2, 0.25) is 0 Å². The molecule has 5 rings (SSSR count). The van der Waals surface area contributed by atoms with Gasteiger partial charge in [-0.05, 0) is 62.8 Å². The molecule has 1 aromatic rings. The number of rotatable bonds is 6. The van der Waals surface area contributed by atoms with Crippen molar-refractivity contribution in [3.05, 3.63) is 41.6 Å². The molecule has 0 radical (unpaired) electrons. The van der Waals surface area contributed by atoms with Gasteiger partial charge in [0.2, 0.25) is 5.91 Å². The highest BCUT2D eigenvalue weighted by Crippen LogP contribution is 2.34. The maximum absolute atomic E-state index is 13.0. The minimum absolute atomic E-state index is 0.0719. The second-order valence-corrected chi connectivity index (χ2v) is 9.44. The summed E-state index contributed by atoms with van der Waals surface area (Å²) in [5.41, 5.74) is 2.34. The number of amides is 2. The normalized spacial score (nSPS) is 29.0. The fourth-order valence-corrected chi connectivity index (χ4v) is 5.59. The molecule has 0 bridgehead atoms. The van der Waals surface area contributed by atoms with Crippen LogP contribution < -0.4 is 10.1 Å². The first-order chi connectivity index (χ1) is 15.5. The number of allylic oxidation sites excluding steroid dienone is 1. The smallest absolute Gasteiger partial charge is 0.255 e. The van der Waals surface area contributed by atoms with Crippen LogP contribution >= 0.6 is 0 Å². The van der Waals surface area contributed by atoms with E-state index in [9.17, 15) is 9.59 Å². The van der Waals surface area contributed by atoms with Crippen molar-refractivity contribution in [1.82, 2.24) is 15.1 Å². The number of likely N-dealkylation sites (tertiary alicyclic amines) is 1. The van der Waals surface area contributed by atoms with Crippen molar-refractivity contribution in [2.24, 2.45) is 0 Å². The van der Waals surface area contributed by atoms with E-state index >= 15 is 0 Å². The molecule has 3 heterocycles. The van der Waals surface area contributed by atoms with Crippen molar-refractivity contribution < 1.29 is 19.1 Å². The minimum atomic E-state index is -0.433. The molecule has 3 atom stereocenters. The first kappa shape index (κ1) is 21.5. The van der Waals surface area contributed by atoms with Gasteiger partial charge in [-0.2, -0.15) is 0 Å². The van der Waals surface area contributed by atoms with Crippen LogP contribution in [-0.2, 0) is 16.1 Å². The summed E-state index contributed by atoms with van der Waals surface area (Å²) in [6.07, 6.45) is 6.47. The van der Waals surface area contributed by atoms with E-state index in [0.29, 0.717) is 37.1 Å². The lowest BCUT2D eigenvalue weighted by atomic mass is 9.89. The number of nitrogens with one attached hydrogen (secondary N) is 1. The Hall–Kier alpha value is -2.38. The summed E-state index contributed by atoms with van der Waals surface area (Å²) in [4.78, 5) is 29.6. The van der Waals surface area contributed by atoms with Gasteiger partial charge in [-0.15, -0.1) is 0 Å². The Morgan fingerprint density at radius 3 is 2.75 bits per heavy atom. The van der Waals surface area contributed by atoms with Gasteiger partial charge in [0.25, 0.3) is 5.91 Å². The largest absolute Gasteiger partial charge is 0.489 e. The molecular weight excluding hydrogens is 406 g/mol. The number of fused-ring (bicyclic) bond motifs is 1. The number of nitrogens with zero attached hydrogens (tertiary/aromatic N) is 2. The maximum atomic E-state index is 13.0. The molecule has 3 unspecified atom stereocenters. The van der Waals surface area contributed by atoms with Gasteiger partial charge in [-0.1, -0.05) is 13.0 Å². The van der Waals surface area contributed by atoms with E-state index < -0.39 is 6.04 Å². The predicted molar refractivity (Wildman–Crippen MR) is 120 cm³/mol. The standard InChI is InChI=1S/C25H33N3O4/c1-3-31-19-14-27(15-19)21-6-4-5-7-23(21)32-18-9-10-20-17(12-18)13-28(25(20)30)22-11-8-16(2)26-24(22)29/h9-10,12,19,21-23H,2-8,11,13-15H2,1H3,(H,26,29). The summed E-state index contributed by atoms with van der Waals surface area (Å²) in [5.74, 6) is 0.611. The van der Waals surface area contributed by atoms with Crippen LogP contribution in [0.3, 0.4) is 0 Å². The number of hydrogen-bond donors (Lipinski definition) is 1. The molecule has 1 aromatic carbocycles. The van der Waals surface area contributed by atoms with Crippen molar-refractivity contribution in [2.45, 2.75) is 76.3 Å². The van der Waals surface area contributed by atoms with Crippen molar-refractivity contribution in [3.63, 3.8) is 0 Å². The lowest BCUT2D eigenvalue weighted by Gasteiger charge is -2.47. The van der Waals surface area contributed by atoms with E-state index in [1.165, 1.54) is 12.8 Å². The van der Waals surface area contributed by atoms with Gasteiger partial charge < -0.3 is 19.7 Å². The van der Waals surface area contributed by atoms with Crippen LogP contribution in [0.15, 0.2) is 30.5 Å². The summed E-state index contributed by atoms with van der Waals surface area (Å²) in [6.45, 7) is 9.07. The second kappa shape index (κ2) is 8.87. The Kier molecular flexibility index (Phi) is 5.95. The van der Waals surface area contributed by atoms with Crippen LogP contribution in [0.25, 0.3) is 0 Å². The molecule has 3 fully saturated rings.